The molecule has 142 valence electrons. The van der Waals surface area contributed by atoms with Gasteiger partial charge in [-0.25, -0.2) is 0 Å². The fourth-order valence-electron chi connectivity index (χ4n) is 3.25. The zero-order valence-electron chi connectivity index (χ0n) is 15.4. The Morgan fingerprint density at radius 2 is 1.81 bits per heavy atom. The lowest BCUT2D eigenvalue weighted by Gasteiger charge is -2.36. The minimum absolute atomic E-state index is 0.0643. The molecule has 0 atom stereocenters. The number of carbonyl (C=O) groups is 1. The van der Waals surface area contributed by atoms with E-state index in [9.17, 15) is 14.9 Å². The number of anilines is 2. The first-order valence-electron chi connectivity index (χ1n) is 9.17. The van der Waals surface area contributed by atoms with Crippen molar-refractivity contribution in [2.75, 3.05) is 36.4 Å². The van der Waals surface area contributed by atoms with E-state index in [4.69, 9.17) is 0 Å². The maximum Gasteiger partial charge on any atom is 0.292 e. The second kappa shape index (κ2) is 8.53. The number of piperazine rings is 1. The van der Waals surface area contributed by atoms with Gasteiger partial charge in [-0.15, -0.1) is 0 Å². The highest BCUT2D eigenvalue weighted by atomic mass is 16.6. The summed E-state index contributed by atoms with van der Waals surface area (Å²) in [5.74, 6) is 0.170. The maximum atomic E-state index is 11.8. The second-order valence-electron chi connectivity index (χ2n) is 6.52. The first-order chi connectivity index (χ1) is 13.1. The number of carbonyl (C=O) groups excluding carboxylic acids is 1. The predicted octanol–water partition coefficient (Wildman–Crippen LogP) is 3.27. The number of rotatable bonds is 6. The van der Waals surface area contributed by atoms with Gasteiger partial charge in [-0.05, 0) is 17.7 Å². The van der Waals surface area contributed by atoms with E-state index in [-0.39, 0.29) is 16.5 Å². The van der Waals surface area contributed by atoms with Gasteiger partial charge in [0.25, 0.3) is 5.69 Å². The third kappa shape index (κ3) is 4.55. The van der Waals surface area contributed by atoms with Crippen molar-refractivity contribution in [1.29, 1.82) is 0 Å². The molecule has 1 aliphatic rings. The number of amides is 1. The molecule has 7 nitrogen and oxygen atoms in total. The Labute approximate surface area is 158 Å². The first kappa shape index (κ1) is 18.7. The summed E-state index contributed by atoms with van der Waals surface area (Å²) in [5, 5.41) is 14.6. The number of hydrogen-bond donors (Lipinski definition) is 1. The molecule has 1 heterocycles. The molecule has 1 aliphatic heterocycles. The fourth-order valence-corrected chi connectivity index (χ4v) is 3.25. The van der Waals surface area contributed by atoms with Gasteiger partial charge in [0.15, 0.2) is 0 Å². The number of benzene rings is 2. The second-order valence-corrected chi connectivity index (χ2v) is 6.52. The van der Waals surface area contributed by atoms with E-state index in [0.29, 0.717) is 31.7 Å². The SMILES string of the molecule is CCC(=O)N1CCN(c2ccc([N+](=O)[O-])c(NCc3ccccc3)c2)CC1. The Morgan fingerprint density at radius 3 is 2.44 bits per heavy atom. The highest BCUT2D eigenvalue weighted by molar-refractivity contribution is 5.76. The van der Waals surface area contributed by atoms with Crippen LogP contribution in [0.4, 0.5) is 17.1 Å². The van der Waals surface area contributed by atoms with E-state index in [0.717, 1.165) is 24.3 Å². The summed E-state index contributed by atoms with van der Waals surface area (Å²) in [6, 6.07) is 14.9. The van der Waals surface area contributed by atoms with Gasteiger partial charge in [-0.1, -0.05) is 37.3 Å². The van der Waals surface area contributed by atoms with Crippen LogP contribution in [-0.2, 0) is 11.3 Å². The lowest BCUT2D eigenvalue weighted by Crippen LogP contribution is -2.48. The molecule has 0 saturated carbocycles. The van der Waals surface area contributed by atoms with Crippen molar-refractivity contribution in [3.63, 3.8) is 0 Å². The van der Waals surface area contributed by atoms with Crippen LogP contribution >= 0.6 is 0 Å². The van der Waals surface area contributed by atoms with Crippen molar-refractivity contribution in [1.82, 2.24) is 4.90 Å². The van der Waals surface area contributed by atoms with Crippen LogP contribution in [0, 0.1) is 10.1 Å². The lowest BCUT2D eigenvalue weighted by atomic mass is 10.1. The monoisotopic (exact) mass is 368 g/mol. The molecule has 1 N–H and O–H groups in total. The Kier molecular flexibility index (Phi) is 5.90. The molecule has 0 spiro atoms. The van der Waals surface area contributed by atoms with E-state index in [1.54, 1.807) is 12.1 Å². The summed E-state index contributed by atoms with van der Waals surface area (Å²) in [7, 11) is 0. The van der Waals surface area contributed by atoms with Crippen LogP contribution in [0.25, 0.3) is 0 Å². The standard InChI is InChI=1S/C20H24N4O3/c1-2-20(25)23-12-10-22(11-13-23)17-8-9-19(24(26)27)18(14-17)21-15-16-6-4-3-5-7-16/h3-9,14,21H,2,10-13,15H2,1H3. The number of nitrogens with zero attached hydrogens (tertiary/aromatic N) is 3. The molecular weight excluding hydrogens is 344 g/mol. The van der Waals surface area contributed by atoms with Gasteiger partial charge in [-0.3, -0.25) is 14.9 Å². The first-order valence-corrected chi connectivity index (χ1v) is 9.17. The van der Waals surface area contributed by atoms with Gasteiger partial charge in [-0.2, -0.15) is 0 Å². The molecule has 7 heteroatoms. The average molecular weight is 368 g/mol. The molecule has 2 aromatic rings. The topological polar surface area (TPSA) is 78.7 Å². The Balaban J connectivity index is 1.73. The summed E-state index contributed by atoms with van der Waals surface area (Å²) in [4.78, 5) is 26.9. The van der Waals surface area contributed by atoms with Crippen LogP contribution in [0.1, 0.15) is 18.9 Å². The summed E-state index contributed by atoms with van der Waals surface area (Å²) >= 11 is 0. The number of nitro groups is 1. The van der Waals surface area contributed by atoms with Crippen molar-refractivity contribution in [3.05, 3.63) is 64.2 Å². The van der Waals surface area contributed by atoms with Crippen LogP contribution in [-0.4, -0.2) is 41.9 Å². The number of nitrogens with one attached hydrogen (secondary N) is 1. The molecule has 1 amide bonds. The lowest BCUT2D eigenvalue weighted by molar-refractivity contribution is -0.384. The summed E-state index contributed by atoms with van der Waals surface area (Å²) in [6.45, 7) is 5.19. The van der Waals surface area contributed by atoms with E-state index in [1.165, 1.54) is 0 Å². The van der Waals surface area contributed by atoms with Gasteiger partial charge < -0.3 is 15.1 Å². The summed E-state index contributed by atoms with van der Waals surface area (Å²) in [6.07, 6.45) is 0.519. The van der Waals surface area contributed by atoms with Crippen molar-refractivity contribution >= 4 is 23.0 Å². The Morgan fingerprint density at radius 1 is 1.11 bits per heavy atom. The molecule has 2 aromatic carbocycles. The molecule has 1 fully saturated rings. The van der Waals surface area contributed by atoms with Crippen molar-refractivity contribution in [2.45, 2.75) is 19.9 Å². The van der Waals surface area contributed by atoms with Gasteiger partial charge in [0, 0.05) is 50.9 Å². The smallest absolute Gasteiger partial charge is 0.292 e. The Bertz CT molecular complexity index is 802. The maximum absolute atomic E-state index is 11.8. The van der Waals surface area contributed by atoms with Crippen LogP contribution in [0.15, 0.2) is 48.5 Å². The van der Waals surface area contributed by atoms with Crippen LogP contribution in [0.3, 0.4) is 0 Å². The van der Waals surface area contributed by atoms with Crippen molar-refractivity contribution in [3.8, 4) is 0 Å². The van der Waals surface area contributed by atoms with Crippen LogP contribution < -0.4 is 10.2 Å². The van der Waals surface area contributed by atoms with Crippen LogP contribution in [0.2, 0.25) is 0 Å². The molecule has 0 bridgehead atoms. The summed E-state index contributed by atoms with van der Waals surface area (Å²) < 4.78 is 0. The summed E-state index contributed by atoms with van der Waals surface area (Å²) in [5.41, 5.74) is 2.56. The zero-order chi connectivity index (χ0) is 19.2. The molecule has 1 saturated heterocycles. The van der Waals surface area contributed by atoms with E-state index >= 15 is 0 Å². The number of nitro benzene ring substituents is 1. The Hall–Kier alpha value is -3.09. The van der Waals surface area contributed by atoms with E-state index in [2.05, 4.69) is 10.2 Å². The normalized spacial score (nSPS) is 14.1. The molecule has 0 unspecified atom stereocenters. The van der Waals surface area contributed by atoms with Crippen LogP contribution in [0.5, 0.6) is 0 Å². The fraction of sp³-hybridized carbons (Fsp3) is 0.350. The molecular formula is C20H24N4O3. The van der Waals surface area contributed by atoms with Gasteiger partial charge in [0.2, 0.25) is 5.91 Å². The third-order valence-corrected chi connectivity index (χ3v) is 4.80. The highest BCUT2D eigenvalue weighted by Gasteiger charge is 2.22. The minimum Gasteiger partial charge on any atom is -0.375 e. The van der Waals surface area contributed by atoms with Crippen molar-refractivity contribution < 1.29 is 9.72 Å². The highest BCUT2D eigenvalue weighted by Crippen LogP contribution is 2.30. The van der Waals surface area contributed by atoms with Gasteiger partial charge in [0.05, 0.1) is 4.92 Å². The average Bonchev–Trinajstić information content (AvgIpc) is 2.72. The largest absolute Gasteiger partial charge is 0.375 e. The van der Waals surface area contributed by atoms with E-state index < -0.39 is 0 Å². The van der Waals surface area contributed by atoms with Gasteiger partial charge in [0.1, 0.15) is 5.69 Å². The van der Waals surface area contributed by atoms with E-state index in [1.807, 2.05) is 48.2 Å². The zero-order valence-corrected chi connectivity index (χ0v) is 15.4. The quantitative estimate of drug-likeness (QED) is 0.625. The molecule has 3 rings (SSSR count). The minimum atomic E-state index is -0.366. The molecule has 0 aromatic heterocycles. The third-order valence-electron chi connectivity index (χ3n) is 4.80. The van der Waals surface area contributed by atoms with Gasteiger partial charge >= 0.3 is 0 Å². The van der Waals surface area contributed by atoms with Crippen molar-refractivity contribution in [2.24, 2.45) is 0 Å². The molecule has 27 heavy (non-hydrogen) atoms. The molecule has 0 radical (unpaired) electrons. The number of hydrogen-bond acceptors (Lipinski definition) is 5. The predicted molar refractivity (Wildman–Crippen MR) is 106 cm³/mol. The molecule has 0 aliphatic carbocycles.